The second kappa shape index (κ2) is 6.85. The summed E-state index contributed by atoms with van der Waals surface area (Å²) < 4.78 is 10.7. The largest absolute Gasteiger partial charge is 0.454 e. The van der Waals surface area contributed by atoms with Crippen LogP contribution >= 0.6 is 0 Å². The van der Waals surface area contributed by atoms with E-state index in [4.69, 9.17) is 9.47 Å². The second-order valence-corrected chi connectivity index (χ2v) is 5.57. The maximum Gasteiger partial charge on any atom is 0.231 e. The number of hydrogen-bond acceptors (Lipinski definition) is 5. The summed E-state index contributed by atoms with van der Waals surface area (Å²) in [5.41, 5.74) is 7.52. The van der Waals surface area contributed by atoms with Gasteiger partial charge < -0.3 is 20.1 Å². The quantitative estimate of drug-likeness (QED) is 0.470. The van der Waals surface area contributed by atoms with Gasteiger partial charge in [0.05, 0.1) is 0 Å². The maximum absolute atomic E-state index is 5.39. The highest BCUT2D eigenvalue weighted by molar-refractivity contribution is 5.79. The summed E-state index contributed by atoms with van der Waals surface area (Å²) in [7, 11) is 1.78. The number of nitrogens with zero attached hydrogens (tertiary/aromatic N) is 1. The van der Waals surface area contributed by atoms with Gasteiger partial charge in [-0.25, -0.2) is 0 Å². The van der Waals surface area contributed by atoms with Crippen LogP contribution in [0.4, 0.5) is 0 Å². The van der Waals surface area contributed by atoms with Crippen molar-refractivity contribution < 1.29 is 9.47 Å². The fourth-order valence-electron chi connectivity index (χ4n) is 2.58. The van der Waals surface area contributed by atoms with E-state index in [0.717, 1.165) is 36.1 Å². The van der Waals surface area contributed by atoms with Crippen LogP contribution in [0.1, 0.15) is 12.5 Å². The van der Waals surface area contributed by atoms with Crippen LogP contribution in [0.5, 0.6) is 11.5 Å². The monoisotopic (exact) mass is 305 g/mol. The van der Waals surface area contributed by atoms with Crippen LogP contribution in [0.15, 0.2) is 23.2 Å². The predicted molar refractivity (Wildman–Crippen MR) is 84.9 cm³/mol. The molecule has 120 valence electrons. The molecule has 0 aliphatic carbocycles. The molecule has 0 radical (unpaired) electrons. The van der Waals surface area contributed by atoms with Crippen LogP contribution in [0.25, 0.3) is 0 Å². The van der Waals surface area contributed by atoms with Crippen molar-refractivity contribution in [3.05, 3.63) is 23.8 Å². The van der Waals surface area contributed by atoms with Crippen LogP contribution in [-0.2, 0) is 6.54 Å². The smallest absolute Gasteiger partial charge is 0.231 e. The first-order chi connectivity index (χ1) is 10.8. The van der Waals surface area contributed by atoms with E-state index in [-0.39, 0.29) is 0 Å². The van der Waals surface area contributed by atoms with E-state index in [9.17, 15) is 0 Å². The molecule has 4 N–H and O–H groups in total. The molecule has 0 aromatic heterocycles. The lowest BCUT2D eigenvalue weighted by Gasteiger charge is -2.17. The molecular weight excluding hydrogens is 282 g/mol. The standard InChI is InChI=1S/C15H23N5O2/c1-10-12(8-19-20-10)7-18-15(16-2)17-6-11-3-4-13-14(5-11)22-9-21-13/h3-5,10,12,19-20H,6-9H2,1-2H3,(H2,16,17,18). The lowest BCUT2D eigenvalue weighted by atomic mass is 10.0. The van der Waals surface area contributed by atoms with E-state index in [1.165, 1.54) is 0 Å². The molecule has 3 rings (SSSR count). The molecular formula is C15H23N5O2. The maximum atomic E-state index is 5.39. The number of guanidine groups is 1. The summed E-state index contributed by atoms with van der Waals surface area (Å²) >= 11 is 0. The number of fused-ring (bicyclic) bond motifs is 1. The van der Waals surface area contributed by atoms with Gasteiger partial charge in [-0.05, 0) is 24.6 Å². The van der Waals surface area contributed by atoms with Gasteiger partial charge in [0, 0.05) is 38.6 Å². The molecule has 0 spiro atoms. The fourth-order valence-corrected chi connectivity index (χ4v) is 2.58. The molecule has 1 aromatic carbocycles. The minimum atomic E-state index is 0.303. The fraction of sp³-hybridized carbons (Fsp3) is 0.533. The van der Waals surface area contributed by atoms with Gasteiger partial charge in [-0.3, -0.25) is 15.8 Å². The predicted octanol–water partition coefficient (Wildman–Crippen LogP) is 0.193. The Hall–Kier alpha value is -1.99. The molecule has 2 aliphatic rings. The molecule has 1 fully saturated rings. The average Bonchev–Trinajstić information content (AvgIpc) is 3.15. The van der Waals surface area contributed by atoms with Crippen LogP contribution < -0.4 is 31.0 Å². The molecule has 0 amide bonds. The number of hydrazine groups is 1. The first-order valence-corrected chi connectivity index (χ1v) is 7.57. The summed E-state index contributed by atoms with van der Waals surface area (Å²) in [4.78, 5) is 4.26. The molecule has 2 unspecified atom stereocenters. The number of hydrogen-bond donors (Lipinski definition) is 4. The Balaban J connectivity index is 1.48. The lowest BCUT2D eigenvalue weighted by Crippen LogP contribution is -2.41. The third-order valence-corrected chi connectivity index (χ3v) is 4.05. The molecule has 22 heavy (non-hydrogen) atoms. The summed E-state index contributed by atoms with van der Waals surface area (Å²) in [5.74, 6) is 2.96. The SMILES string of the molecule is CN=C(NCc1ccc2c(c1)OCO2)NCC1CNNC1C. The number of ether oxygens (including phenoxy) is 2. The first kappa shape index (κ1) is 14.9. The minimum Gasteiger partial charge on any atom is -0.454 e. The number of rotatable bonds is 4. The Kier molecular flexibility index (Phi) is 4.65. The Morgan fingerprint density at radius 1 is 1.32 bits per heavy atom. The Labute approximate surface area is 130 Å². The van der Waals surface area contributed by atoms with E-state index in [0.29, 0.717) is 25.3 Å². The zero-order chi connectivity index (χ0) is 15.4. The van der Waals surface area contributed by atoms with E-state index in [1.807, 2.05) is 18.2 Å². The van der Waals surface area contributed by atoms with Gasteiger partial charge >= 0.3 is 0 Å². The lowest BCUT2D eigenvalue weighted by molar-refractivity contribution is 0.174. The summed E-state index contributed by atoms with van der Waals surface area (Å²) in [6.07, 6.45) is 0. The molecule has 1 aromatic rings. The highest BCUT2D eigenvalue weighted by atomic mass is 16.7. The van der Waals surface area contributed by atoms with Crippen LogP contribution in [0.2, 0.25) is 0 Å². The summed E-state index contributed by atoms with van der Waals surface area (Å²) in [6, 6.07) is 6.42. The Bertz CT molecular complexity index is 549. The normalized spacial score (nSPS) is 23.6. The van der Waals surface area contributed by atoms with Gasteiger partial charge in [-0.15, -0.1) is 0 Å². The Morgan fingerprint density at radius 3 is 2.95 bits per heavy atom. The van der Waals surface area contributed by atoms with Crippen LogP contribution in [0, 0.1) is 5.92 Å². The van der Waals surface area contributed by atoms with Gasteiger partial charge in [0.25, 0.3) is 0 Å². The highest BCUT2D eigenvalue weighted by Gasteiger charge is 2.22. The van der Waals surface area contributed by atoms with Gasteiger partial charge in [0.15, 0.2) is 17.5 Å². The van der Waals surface area contributed by atoms with Crippen LogP contribution in [0.3, 0.4) is 0 Å². The summed E-state index contributed by atoms with van der Waals surface area (Å²) in [5, 5.41) is 6.68. The molecule has 2 atom stereocenters. The minimum absolute atomic E-state index is 0.303. The molecule has 0 bridgehead atoms. The van der Waals surface area contributed by atoms with E-state index in [2.05, 4.69) is 33.4 Å². The first-order valence-electron chi connectivity index (χ1n) is 7.57. The summed E-state index contributed by atoms with van der Waals surface area (Å²) in [6.45, 7) is 5.01. The second-order valence-electron chi connectivity index (χ2n) is 5.57. The number of nitrogens with one attached hydrogen (secondary N) is 4. The third kappa shape index (κ3) is 3.42. The molecule has 7 heteroatoms. The van der Waals surface area contributed by atoms with Crippen molar-refractivity contribution >= 4 is 5.96 Å². The van der Waals surface area contributed by atoms with E-state index < -0.39 is 0 Å². The van der Waals surface area contributed by atoms with Crippen molar-refractivity contribution in [1.29, 1.82) is 0 Å². The zero-order valence-electron chi connectivity index (χ0n) is 13.0. The van der Waals surface area contributed by atoms with Crippen molar-refractivity contribution in [3.8, 4) is 11.5 Å². The third-order valence-electron chi connectivity index (χ3n) is 4.05. The number of aliphatic imine (C=N–C) groups is 1. The van der Waals surface area contributed by atoms with Gasteiger partial charge in [0.1, 0.15) is 0 Å². The molecule has 7 nitrogen and oxygen atoms in total. The highest BCUT2D eigenvalue weighted by Crippen LogP contribution is 2.32. The molecule has 2 aliphatic heterocycles. The van der Waals surface area contributed by atoms with Crippen molar-refractivity contribution in [2.75, 3.05) is 26.9 Å². The van der Waals surface area contributed by atoms with Gasteiger partial charge in [-0.1, -0.05) is 6.07 Å². The van der Waals surface area contributed by atoms with Crippen molar-refractivity contribution in [3.63, 3.8) is 0 Å². The Morgan fingerprint density at radius 2 is 2.18 bits per heavy atom. The van der Waals surface area contributed by atoms with Crippen molar-refractivity contribution in [2.45, 2.75) is 19.5 Å². The van der Waals surface area contributed by atoms with Crippen molar-refractivity contribution in [2.24, 2.45) is 10.9 Å². The zero-order valence-corrected chi connectivity index (χ0v) is 13.0. The van der Waals surface area contributed by atoms with Crippen molar-refractivity contribution in [1.82, 2.24) is 21.5 Å². The molecule has 0 saturated carbocycles. The van der Waals surface area contributed by atoms with E-state index >= 15 is 0 Å². The molecule has 2 heterocycles. The van der Waals surface area contributed by atoms with Crippen LogP contribution in [-0.4, -0.2) is 38.9 Å². The van der Waals surface area contributed by atoms with Gasteiger partial charge in [0.2, 0.25) is 6.79 Å². The van der Waals surface area contributed by atoms with Gasteiger partial charge in [-0.2, -0.15) is 0 Å². The topological polar surface area (TPSA) is 78.9 Å². The number of benzene rings is 1. The molecule has 1 saturated heterocycles. The average molecular weight is 305 g/mol. The van der Waals surface area contributed by atoms with E-state index in [1.54, 1.807) is 7.05 Å².